The Hall–Kier alpha value is -1.43. The van der Waals surface area contributed by atoms with Crippen LogP contribution < -0.4 is 5.32 Å². The van der Waals surface area contributed by atoms with Gasteiger partial charge in [-0.1, -0.05) is 6.92 Å². The van der Waals surface area contributed by atoms with Gasteiger partial charge in [-0.2, -0.15) is 0 Å². The zero-order valence-electron chi connectivity index (χ0n) is 9.47. The molecule has 2 rings (SSSR count). The van der Waals surface area contributed by atoms with Gasteiger partial charge in [0.05, 0.1) is 5.01 Å². The summed E-state index contributed by atoms with van der Waals surface area (Å²) in [6.07, 6.45) is 1.57. The molecule has 0 radical (unpaired) electrons. The summed E-state index contributed by atoms with van der Waals surface area (Å²) in [6.45, 7) is 2.58. The van der Waals surface area contributed by atoms with Crippen molar-refractivity contribution in [2.24, 2.45) is 11.8 Å². The van der Waals surface area contributed by atoms with Crippen molar-refractivity contribution in [1.82, 2.24) is 10.3 Å². The van der Waals surface area contributed by atoms with E-state index in [1.807, 2.05) is 0 Å². The van der Waals surface area contributed by atoms with E-state index in [0.717, 1.165) is 11.4 Å². The summed E-state index contributed by atoms with van der Waals surface area (Å²) >= 11 is 1.31. The van der Waals surface area contributed by atoms with Gasteiger partial charge >= 0.3 is 5.97 Å². The second-order valence-corrected chi connectivity index (χ2v) is 5.23. The third kappa shape index (κ3) is 3.03. The zero-order chi connectivity index (χ0) is 12.4. The van der Waals surface area contributed by atoms with E-state index in [1.54, 1.807) is 0 Å². The maximum atomic E-state index is 11.5. The first-order chi connectivity index (χ1) is 8.08. The molecule has 1 aliphatic carbocycles. The number of carboxylic acid groups (broad SMARTS) is 1. The molecule has 0 saturated heterocycles. The monoisotopic (exact) mass is 254 g/mol. The summed E-state index contributed by atoms with van der Waals surface area (Å²) in [5.74, 6) is -0.217. The lowest BCUT2D eigenvalue weighted by Gasteiger charge is -2.01. The molecule has 0 aliphatic heterocycles. The SMILES string of the molecule is CC1CC1C(=O)NCCc1nc(C(=O)O)cs1. The zero-order valence-corrected chi connectivity index (χ0v) is 10.3. The molecule has 0 spiro atoms. The van der Waals surface area contributed by atoms with Crippen LogP contribution in [-0.2, 0) is 11.2 Å². The topological polar surface area (TPSA) is 79.3 Å². The Labute approximate surface area is 103 Å². The molecule has 1 fully saturated rings. The van der Waals surface area contributed by atoms with E-state index in [1.165, 1.54) is 16.7 Å². The summed E-state index contributed by atoms with van der Waals surface area (Å²) in [7, 11) is 0. The number of nitrogens with one attached hydrogen (secondary N) is 1. The Bertz CT molecular complexity index is 444. The van der Waals surface area contributed by atoms with E-state index in [2.05, 4.69) is 17.2 Å². The van der Waals surface area contributed by atoms with Crippen LogP contribution in [-0.4, -0.2) is 28.5 Å². The highest BCUT2D eigenvalue weighted by atomic mass is 32.1. The number of hydrogen-bond acceptors (Lipinski definition) is 4. The summed E-state index contributed by atoms with van der Waals surface area (Å²) < 4.78 is 0. The van der Waals surface area contributed by atoms with E-state index in [0.29, 0.717) is 18.9 Å². The number of carbonyl (C=O) groups is 2. The minimum Gasteiger partial charge on any atom is -0.476 e. The van der Waals surface area contributed by atoms with Crippen molar-refractivity contribution in [3.05, 3.63) is 16.1 Å². The highest BCUT2D eigenvalue weighted by molar-refractivity contribution is 7.09. The smallest absolute Gasteiger partial charge is 0.355 e. The van der Waals surface area contributed by atoms with Crippen LogP contribution in [0.4, 0.5) is 0 Å². The number of nitrogens with zero attached hydrogens (tertiary/aromatic N) is 1. The standard InChI is InChI=1S/C11H14N2O3S/c1-6-4-7(6)10(14)12-3-2-9-13-8(5-17-9)11(15)16/h5-7H,2-4H2,1H3,(H,12,14)(H,15,16). The Morgan fingerprint density at radius 3 is 2.88 bits per heavy atom. The molecule has 2 atom stereocenters. The average Bonchev–Trinajstić information content (AvgIpc) is 2.82. The molecule has 2 unspecified atom stereocenters. The molecule has 1 heterocycles. The highest BCUT2D eigenvalue weighted by Crippen LogP contribution is 2.37. The van der Waals surface area contributed by atoms with Crippen molar-refractivity contribution in [2.45, 2.75) is 19.8 Å². The minimum atomic E-state index is -1.01. The highest BCUT2D eigenvalue weighted by Gasteiger charge is 2.38. The fraction of sp³-hybridized carbons (Fsp3) is 0.545. The van der Waals surface area contributed by atoms with Crippen molar-refractivity contribution in [3.63, 3.8) is 0 Å². The third-order valence-corrected chi connectivity index (χ3v) is 3.76. The number of aromatic nitrogens is 1. The van der Waals surface area contributed by atoms with Crippen molar-refractivity contribution in [3.8, 4) is 0 Å². The Morgan fingerprint density at radius 1 is 1.65 bits per heavy atom. The minimum absolute atomic E-state index is 0.0761. The van der Waals surface area contributed by atoms with E-state index in [9.17, 15) is 9.59 Å². The molecule has 1 amide bonds. The van der Waals surface area contributed by atoms with Crippen molar-refractivity contribution in [1.29, 1.82) is 0 Å². The molecule has 0 bridgehead atoms. The van der Waals surface area contributed by atoms with E-state index >= 15 is 0 Å². The molecule has 1 saturated carbocycles. The van der Waals surface area contributed by atoms with Crippen LogP contribution in [0.1, 0.15) is 28.8 Å². The van der Waals surface area contributed by atoms with Gasteiger partial charge in [-0.05, 0) is 12.3 Å². The van der Waals surface area contributed by atoms with Crippen molar-refractivity contribution >= 4 is 23.2 Å². The van der Waals surface area contributed by atoms with Crippen LogP contribution in [0.15, 0.2) is 5.38 Å². The lowest BCUT2D eigenvalue weighted by molar-refractivity contribution is -0.122. The maximum Gasteiger partial charge on any atom is 0.355 e. The van der Waals surface area contributed by atoms with Gasteiger partial charge in [0, 0.05) is 24.3 Å². The van der Waals surface area contributed by atoms with Crippen LogP contribution in [0.2, 0.25) is 0 Å². The average molecular weight is 254 g/mol. The van der Waals surface area contributed by atoms with Crippen molar-refractivity contribution < 1.29 is 14.7 Å². The number of carbonyl (C=O) groups excluding carboxylic acids is 1. The lowest BCUT2D eigenvalue weighted by Crippen LogP contribution is -2.27. The number of aromatic carboxylic acids is 1. The first kappa shape index (κ1) is 12.0. The molecule has 1 aromatic rings. The molecule has 0 aromatic carbocycles. The van der Waals surface area contributed by atoms with Gasteiger partial charge in [-0.25, -0.2) is 9.78 Å². The van der Waals surface area contributed by atoms with Crippen LogP contribution in [0.3, 0.4) is 0 Å². The predicted octanol–water partition coefficient (Wildman–Crippen LogP) is 1.16. The Balaban J connectivity index is 1.74. The molecule has 92 valence electrons. The molecule has 6 heteroatoms. The number of hydrogen-bond donors (Lipinski definition) is 2. The molecule has 2 N–H and O–H groups in total. The molecular weight excluding hydrogens is 240 g/mol. The predicted molar refractivity (Wildman–Crippen MR) is 63.1 cm³/mol. The lowest BCUT2D eigenvalue weighted by atomic mass is 10.3. The number of rotatable bonds is 5. The summed E-state index contributed by atoms with van der Waals surface area (Å²) in [5.41, 5.74) is 0.0761. The van der Waals surface area contributed by atoms with Gasteiger partial charge in [0.2, 0.25) is 5.91 Å². The van der Waals surface area contributed by atoms with Crippen LogP contribution >= 0.6 is 11.3 Å². The molecule has 1 aromatic heterocycles. The number of amides is 1. The van der Waals surface area contributed by atoms with Gasteiger partial charge in [0.1, 0.15) is 0 Å². The Kier molecular flexibility index (Phi) is 3.42. The normalized spacial score (nSPS) is 22.2. The first-order valence-electron chi connectivity index (χ1n) is 5.53. The largest absolute Gasteiger partial charge is 0.476 e. The van der Waals surface area contributed by atoms with Crippen LogP contribution in [0.25, 0.3) is 0 Å². The quantitative estimate of drug-likeness (QED) is 0.826. The van der Waals surface area contributed by atoms with E-state index in [4.69, 9.17) is 5.11 Å². The molecule has 1 aliphatic rings. The van der Waals surface area contributed by atoms with Crippen molar-refractivity contribution in [2.75, 3.05) is 6.54 Å². The second-order valence-electron chi connectivity index (χ2n) is 4.29. The number of carboxylic acids is 1. The van der Waals surface area contributed by atoms with Gasteiger partial charge in [0.15, 0.2) is 5.69 Å². The van der Waals surface area contributed by atoms with E-state index < -0.39 is 5.97 Å². The van der Waals surface area contributed by atoms with Crippen LogP contribution in [0, 0.1) is 11.8 Å². The van der Waals surface area contributed by atoms with Gasteiger partial charge in [-0.15, -0.1) is 11.3 Å². The summed E-state index contributed by atoms with van der Waals surface area (Å²) in [5, 5.41) is 13.8. The second kappa shape index (κ2) is 4.83. The van der Waals surface area contributed by atoms with Gasteiger partial charge < -0.3 is 10.4 Å². The number of thiazole rings is 1. The van der Waals surface area contributed by atoms with Gasteiger partial charge in [0.25, 0.3) is 0 Å². The maximum absolute atomic E-state index is 11.5. The molecule has 5 nitrogen and oxygen atoms in total. The third-order valence-electron chi connectivity index (χ3n) is 2.86. The molecular formula is C11H14N2O3S. The van der Waals surface area contributed by atoms with E-state index in [-0.39, 0.29) is 17.5 Å². The summed E-state index contributed by atoms with van der Waals surface area (Å²) in [6, 6.07) is 0. The Morgan fingerprint density at radius 2 is 2.35 bits per heavy atom. The fourth-order valence-corrected chi connectivity index (χ4v) is 2.41. The van der Waals surface area contributed by atoms with Gasteiger partial charge in [-0.3, -0.25) is 4.79 Å². The molecule has 17 heavy (non-hydrogen) atoms. The van der Waals surface area contributed by atoms with Crippen LogP contribution in [0.5, 0.6) is 0 Å². The fourth-order valence-electron chi connectivity index (χ4n) is 1.64. The first-order valence-corrected chi connectivity index (χ1v) is 6.41. The summed E-state index contributed by atoms with van der Waals surface area (Å²) in [4.78, 5) is 26.1.